The summed E-state index contributed by atoms with van der Waals surface area (Å²) in [4.78, 5) is 55.6. The van der Waals surface area contributed by atoms with Crippen molar-refractivity contribution in [1.82, 2.24) is 20.6 Å². The summed E-state index contributed by atoms with van der Waals surface area (Å²) >= 11 is 0. The Balaban J connectivity index is 1.53. The number of amides is 1. The average Bonchev–Trinajstić information content (AvgIpc) is 3.72. The van der Waals surface area contributed by atoms with E-state index < -0.39 is 41.4 Å². The highest BCUT2D eigenvalue weighted by Gasteiger charge is 2.43. The van der Waals surface area contributed by atoms with E-state index in [1.54, 1.807) is 13.8 Å². The minimum absolute atomic E-state index is 0.0219. The zero-order valence-corrected chi connectivity index (χ0v) is 25.8. The summed E-state index contributed by atoms with van der Waals surface area (Å²) in [6.45, 7) is 10.6. The molecule has 0 saturated carbocycles. The SMILES string of the molecule is C=CC1=C(C)C(=O)NC1(O)Cc1[nH]c(Cc2[nH]c3c(c2C)C(=O)C/C3=C2/N[C@H](C(=O)[O-])[C@@H](C)[C@@H]2CCC(=O)[O-])c(CC)c1CO. The minimum atomic E-state index is -1.70. The van der Waals surface area contributed by atoms with Gasteiger partial charge in [0.05, 0.1) is 24.3 Å². The molecule has 1 aliphatic carbocycles. The molecule has 0 radical (unpaired) electrons. The highest BCUT2D eigenvalue weighted by atomic mass is 16.4. The van der Waals surface area contributed by atoms with Gasteiger partial charge in [0.1, 0.15) is 0 Å². The Bertz CT molecular complexity index is 1690. The van der Waals surface area contributed by atoms with E-state index in [0.717, 1.165) is 22.5 Å². The van der Waals surface area contributed by atoms with E-state index >= 15 is 0 Å². The van der Waals surface area contributed by atoms with Crippen molar-refractivity contribution in [1.29, 1.82) is 0 Å². The molecule has 2 aromatic heterocycles. The van der Waals surface area contributed by atoms with Crippen LogP contribution in [0.5, 0.6) is 0 Å². The maximum atomic E-state index is 13.3. The van der Waals surface area contributed by atoms with E-state index in [9.17, 15) is 39.6 Å². The lowest BCUT2D eigenvalue weighted by molar-refractivity contribution is -0.309. The molecule has 0 spiro atoms. The van der Waals surface area contributed by atoms with Gasteiger partial charge in [-0.05, 0) is 50.2 Å². The number of aliphatic hydroxyl groups excluding tert-OH is 1. The number of fused-ring (bicyclic) bond motifs is 1. The Morgan fingerprint density at radius 2 is 1.82 bits per heavy atom. The molecule has 1 fully saturated rings. The van der Waals surface area contributed by atoms with E-state index in [2.05, 4.69) is 27.2 Å². The molecule has 4 heterocycles. The average molecular weight is 619 g/mol. The van der Waals surface area contributed by atoms with Crippen molar-refractivity contribution in [2.24, 2.45) is 11.8 Å². The number of carbonyl (C=O) groups excluding carboxylic acids is 4. The van der Waals surface area contributed by atoms with Crippen LogP contribution in [0, 0.1) is 18.8 Å². The van der Waals surface area contributed by atoms with Crippen molar-refractivity contribution < 1.29 is 39.6 Å². The van der Waals surface area contributed by atoms with Crippen LogP contribution in [-0.4, -0.2) is 55.6 Å². The predicted octanol–water partition coefficient (Wildman–Crippen LogP) is -0.0383. The Kier molecular flexibility index (Phi) is 8.41. The fourth-order valence-corrected chi connectivity index (χ4v) is 7.42. The van der Waals surface area contributed by atoms with Crippen LogP contribution in [0.4, 0.5) is 0 Å². The molecule has 1 saturated heterocycles. The van der Waals surface area contributed by atoms with Crippen LogP contribution >= 0.6 is 0 Å². The van der Waals surface area contributed by atoms with Gasteiger partial charge in [-0.15, -0.1) is 0 Å². The predicted molar refractivity (Wildman–Crippen MR) is 159 cm³/mol. The number of aliphatic carboxylic acids is 2. The number of rotatable bonds is 11. The number of hydrogen-bond donors (Lipinski definition) is 6. The summed E-state index contributed by atoms with van der Waals surface area (Å²) < 4.78 is 0. The normalized spacial score (nSPS) is 26.0. The molecule has 1 unspecified atom stereocenters. The first-order valence-electron chi connectivity index (χ1n) is 15.1. The smallest absolute Gasteiger partial charge is 0.249 e. The van der Waals surface area contributed by atoms with Crippen molar-refractivity contribution in [2.45, 2.75) is 84.6 Å². The van der Waals surface area contributed by atoms with E-state index in [0.29, 0.717) is 57.8 Å². The molecule has 12 nitrogen and oxygen atoms in total. The first-order valence-corrected chi connectivity index (χ1v) is 15.1. The number of H-pyrrole nitrogens is 2. The highest BCUT2D eigenvalue weighted by molar-refractivity contribution is 6.13. The molecule has 6 N–H and O–H groups in total. The summed E-state index contributed by atoms with van der Waals surface area (Å²) in [7, 11) is 0. The van der Waals surface area contributed by atoms with Crippen LogP contribution in [0.3, 0.4) is 0 Å². The Hall–Kier alpha value is -4.42. The van der Waals surface area contributed by atoms with Crippen molar-refractivity contribution in [3.05, 3.63) is 74.5 Å². The molecule has 3 aliphatic rings. The van der Waals surface area contributed by atoms with Crippen molar-refractivity contribution in [2.75, 3.05) is 0 Å². The zero-order chi connectivity index (χ0) is 33.0. The third-order valence-electron chi connectivity index (χ3n) is 9.76. The Morgan fingerprint density at radius 3 is 2.42 bits per heavy atom. The summed E-state index contributed by atoms with van der Waals surface area (Å²) in [5, 5.41) is 50.5. The summed E-state index contributed by atoms with van der Waals surface area (Å²) in [6.07, 6.45) is 2.26. The van der Waals surface area contributed by atoms with Crippen LogP contribution in [0.1, 0.15) is 89.9 Å². The first-order chi connectivity index (χ1) is 21.3. The van der Waals surface area contributed by atoms with Crippen LogP contribution in [-0.2, 0) is 40.3 Å². The minimum Gasteiger partial charge on any atom is -0.550 e. The number of allylic oxidation sites excluding steroid dienone is 2. The van der Waals surface area contributed by atoms with Crippen LogP contribution in [0.15, 0.2) is 29.5 Å². The molecule has 240 valence electrons. The van der Waals surface area contributed by atoms with Gasteiger partial charge in [-0.3, -0.25) is 9.59 Å². The molecule has 45 heavy (non-hydrogen) atoms. The molecular formula is C33H38N4O8-2. The van der Waals surface area contributed by atoms with Crippen LogP contribution < -0.4 is 20.8 Å². The third kappa shape index (κ3) is 5.31. The number of hydrogen-bond acceptors (Lipinski definition) is 9. The van der Waals surface area contributed by atoms with Crippen molar-refractivity contribution in [3.63, 3.8) is 0 Å². The lowest BCUT2D eigenvalue weighted by Crippen LogP contribution is -2.46. The number of aromatic nitrogens is 2. The molecule has 5 rings (SSSR count). The molecular weight excluding hydrogens is 580 g/mol. The molecule has 1 amide bonds. The quantitative estimate of drug-likeness (QED) is 0.199. The maximum absolute atomic E-state index is 13.3. The van der Waals surface area contributed by atoms with Gasteiger partial charge in [0.15, 0.2) is 11.5 Å². The standard InChI is InChI=1S/C33H40N4O8/c1-6-17-20(13-38)24(12-33(45)21(7-2)15(4)31(42)37-33)34-23(17)11-22-16(5)27-25(39)10-19(30(27)35-22)29-18(8-9-26(40)41)14(3)28(36-29)32(43)44/h7,14,18,28,34-36,38,45H,2,6,8-13H2,1,3-5H3,(H,37,42)(H,40,41)(H,43,44)/p-2/b29-19-/t14-,18-,28-,33?/m0/s1. The molecule has 2 aromatic rings. The monoisotopic (exact) mass is 618 g/mol. The van der Waals surface area contributed by atoms with Gasteiger partial charge < -0.3 is 50.6 Å². The van der Waals surface area contributed by atoms with Gasteiger partial charge in [0, 0.05) is 81.8 Å². The lowest BCUT2D eigenvalue weighted by Gasteiger charge is -2.25. The Morgan fingerprint density at radius 1 is 1.11 bits per heavy atom. The van der Waals surface area contributed by atoms with Gasteiger partial charge in [0.25, 0.3) is 0 Å². The van der Waals surface area contributed by atoms with Crippen LogP contribution in [0.2, 0.25) is 0 Å². The Labute approximate surface area is 260 Å². The number of carbonyl (C=O) groups is 4. The number of carboxylic acids is 2. The maximum Gasteiger partial charge on any atom is 0.249 e. The van der Waals surface area contributed by atoms with Crippen LogP contribution in [0.25, 0.3) is 5.57 Å². The second-order valence-electron chi connectivity index (χ2n) is 12.2. The highest BCUT2D eigenvalue weighted by Crippen LogP contribution is 2.44. The summed E-state index contributed by atoms with van der Waals surface area (Å²) in [5.41, 5.74) is 5.54. The summed E-state index contributed by atoms with van der Waals surface area (Å²) in [5.74, 6) is -3.98. The summed E-state index contributed by atoms with van der Waals surface area (Å²) in [6, 6.07) is -1.03. The van der Waals surface area contributed by atoms with Gasteiger partial charge in [0.2, 0.25) is 5.91 Å². The number of Topliss-reactive ketones (excluding diaryl/α,β-unsaturated/α-hetero) is 1. The largest absolute Gasteiger partial charge is 0.550 e. The topological polar surface area (TPSA) is 210 Å². The van der Waals surface area contributed by atoms with Crippen molar-refractivity contribution >= 4 is 29.2 Å². The van der Waals surface area contributed by atoms with Gasteiger partial charge in [-0.1, -0.05) is 26.5 Å². The number of aliphatic hydroxyl groups is 2. The first kappa shape index (κ1) is 32.0. The van der Waals surface area contributed by atoms with Gasteiger partial charge >= 0.3 is 0 Å². The lowest BCUT2D eigenvalue weighted by atomic mass is 9.85. The number of nitrogens with one attached hydrogen (secondary N) is 4. The number of carboxylic acid groups (broad SMARTS) is 2. The van der Waals surface area contributed by atoms with Gasteiger partial charge in [-0.25, -0.2) is 0 Å². The zero-order valence-electron chi connectivity index (χ0n) is 25.8. The van der Waals surface area contributed by atoms with E-state index in [1.807, 2.05) is 13.8 Å². The molecule has 12 heteroatoms. The van der Waals surface area contributed by atoms with E-state index in [-0.39, 0.29) is 38.1 Å². The van der Waals surface area contributed by atoms with Gasteiger partial charge in [-0.2, -0.15) is 0 Å². The number of ketones is 1. The molecule has 0 aromatic carbocycles. The number of aromatic amines is 2. The second-order valence-corrected chi connectivity index (χ2v) is 12.2. The fraction of sp³-hybridized carbons (Fsp3) is 0.455. The molecule has 2 aliphatic heterocycles. The van der Waals surface area contributed by atoms with E-state index in [1.165, 1.54) is 6.08 Å². The third-order valence-corrected chi connectivity index (χ3v) is 9.76. The van der Waals surface area contributed by atoms with E-state index in [4.69, 9.17) is 0 Å². The second kappa shape index (κ2) is 11.8. The molecule has 0 bridgehead atoms. The molecule has 4 atom stereocenters. The van der Waals surface area contributed by atoms with Crippen molar-refractivity contribution in [3.8, 4) is 0 Å². The fourth-order valence-electron chi connectivity index (χ4n) is 7.42.